The molecule has 5 rings (SSSR count). The molecule has 0 bridgehead atoms. The zero-order valence-corrected chi connectivity index (χ0v) is 35.8. The fraction of sp³-hybridized carbons (Fsp3) is 0.489. The summed E-state index contributed by atoms with van der Waals surface area (Å²) >= 11 is 0. The molecule has 4 heterocycles. The average molecular weight is 706 g/mol. The smallest absolute Gasteiger partial charge is 0.0492 e. The molecule has 0 spiro atoms. The van der Waals surface area contributed by atoms with Gasteiger partial charge in [-0.1, -0.05) is 146 Å². The lowest BCUT2D eigenvalue weighted by Gasteiger charge is -2.22. The van der Waals surface area contributed by atoms with Gasteiger partial charge in [0.15, 0.2) is 0 Å². The van der Waals surface area contributed by atoms with Crippen LogP contribution in [0.1, 0.15) is 152 Å². The Morgan fingerprint density at radius 2 is 0.923 bits per heavy atom. The van der Waals surface area contributed by atoms with E-state index < -0.39 is 0 Å². The van der Waals surface area contributed by atoms with E-state index in [2.05, 4.69) is 203 Å². The maximum absolute atomic E-state index is 4.30. The Morgan fingerprint density at radius 3 is 1.23 bits per heavy atom. The van der Waals surface area contributed by atoms with Crippen molar-refractivity contribution in [1.29, 1.82) is 0 Å². The molecule has 0 fully saturated rings. The minimum atomic E-state index is 0.182. The highest BCUT2D eigenvalue weighted by Crippen LogP contribution is 2.24. The van der Waals surface area contributed by atoms with Crippen LogP contribution < -0.4 is 0 Å². The van der Waals surface area contributed by atoms with Crippen molar-refractivity contribution in [3.05, 3.63) is 144 Å². The van der Waals surface area contributed by atoms with E-state index in [4.69, 9.17) is 0 Å². The van der Waals surface area contributed by atoms with Gasteiger partial charge in [0.25, 0.3) is 0 Å². The first-order chi connectivity index (χ1) is 23.8. The van der Waals surface area contributed by atoms with Crippen molar-refractivity contribution in [2.45, 2.75) is 151 Å². The zero-order valence-electron chi connectivity index (χ0n) is 35.8. The van der Waals surface area contributed by atoms with Crippen molar-refractivity contribution in [2.24, 2.45) is 0 Å². The van der Waals surface area contributed by atoms with E-state index in [0.29, 0.717) is 11.5 Å². The standard InChI is InChI=1S/C10H18N2.C10H14.3C9H13N/c1-8(2)12-9(6-7-11-12)10(3,4)5;1-10(2,3)9-7-5-4-6-8-9;1-9(2,3)8-4-6-10-7-5-8;1-9(2,3)8-5-4-6-10-7-8;1-9(2,3)8-6-4-5-7-10-8/h6-8H,1-5H3;4-8H,1-3H3;3*4-7H,1-3H3. The molecule has 0 unspecified atom stereocenters. The van der Waals surface area contributed by atoms with Crippen molar-refractivity contribution < 1.29 is 0 Å². The van der Waals surface area contributed by atoms with Crippen LogP contribution in [0.3, 0.4) is 0 Å². The van der Waals surface area contributed by atoms with Gasteiger partial charge >= 0.3 is 0 Å². The third-order valence-electron chi connectivity index (χ3n) is 8.07. The van der Waals surface area contributed by atoms with Gasteiger partial charge in [-0.15, -0.1) is 0 Å². The second-order valence-corrected chi connectivity index (χ2v) is 18.6. The number of pyridine rings is 3. The first kappa shape index (κ1) is 45.9. The highest BCUT2D eigenvalue weighted by molar-refractivity contribution is 5.22. The molecule has 0 aliphatic rings. The quantitative estimate of drug-likeness (QED) is 0.174. The van der Waals surface area contributed by atoms with E-state index in [-0.39, 0.29) is 21.7 Å². The van der Waals surface area contributed by atoms with Gasteiger partial charge in [-0.2, -0.15) is 5.10 Å². The first-order valence-corrected chi connectivity index (χ1v) is 18.7. The van der Waals surface area contributed by atoms with Gasteiger partial charge in [0.1, 0.15) is 0 Å². The average Bonchev–Trinajstić information content (AvgIpc) is 3.58. The predicted molar refractivity (Wildman–Crippen MR) is 225 cm³/mol. The molecule has 0 aliphatic carbocycles. The SMILES string of the molecule is CC(C)(C)c1ccccc1.CC(C)(C)c1ccccn1.CC(C)(C)c1cccnc1.CC(C)(C)c1ccncc1.CC(C)n1nccc1C(C)(C)C. The van der Waals surface area contributed by atoms with Gasteiger partial charge in [-0.25, -0.2) is 0 Å². The fourth-order valence-electron chi connectivity index (χ4n) is 4.72. The highest BCUT2D eigenvalue weighted by atomic mass is 15.3. The molecule has 0 saturated carbocycles. The van der Waals surface area contributed by atoms with E-state index in [0.717, 1.165) is 5.69 Å². The number of aromatic nitrogens is 5. The third kappa shape index (κ3) is 17.9. The van der Waals surface area contributed by atoms with Gasteiger partial charge in [0.05, 0.1) is 0 Å². The van der Waals surface area contributed by atoms with Crippen LogP contribution in [-0.2, 0) is 27.1 Å². The molecular weight excluding hydrogens is 635 g/mol. The molecule has 0 amide bonds. The Balaban J connectivity index is 0.000000326. The van der Waals surface area contributed by atoms with Crippen LogP contribution in [0.4, 0.5) is 0 Å². The Morgan fingerprint density at radius 1 is 0.423 bits per heavy atom. The summed E-state index contributed by atoms with van der Waals surface area (Å²) in [5.74, 6) is 0. The number of hydrogen-bond donors (Lipinski definition) is 0. The van der Waals surface area contributed by atoms with E-state index >= 15 is 0 Å². The summed E-state index contributed by atoms with van der Waals surface area (Å²) in [5.41, 5.74) is 7.63. The van der Waals surface area contributed by atoms with E-state index in [1.54, 1.807) is 6.20 Å². The minimum Gasteiger partial charge on any atom is -0.267 e. The monoisotopic (exact) mass is 706 g/mol. The molecule has 0 saturated heterocycles. The predicted octanol–water partition coefficient (Wildman–Crippen LogP) is 12.9. The molecule has 5 aromatic rings. The molecule has 52 heavy (non-hydrogen) atoms. The molecular formula is C47H71N5. The van der Waals surface area contributed by atoms with Gasteiger partial charge in [0.2, 0.25) is 0 Å². The second kappa shape index (κ2) is 20.2. The second-order valence-electron chi connectivity index (χ2n) is 18.6. The van der Waals surface area contributed by atoms with Crippen molar-refractivity contribution in [2.75, 3.05) is 0 Å². The lowest BCUT2D eigenvalue weighted by atomic mass is 9.87. The molecule has 0 N–H and O–H groups in total. The van der Waals surface area contributed by atoms with Crippen LogP contribution in [0.15, 0.2) is 116 Å². The summed E-state index contributed by atoms with van der Waals surface area (Å²) in [6, 6.07) is 27.3. The van der Waals surface area contributed by atoms with Crippen LogP contribution >= 0.6 is 0 Å². The van der Waals surface area contributed by atoms with Crippen LogP contribution in [0, 0.1) is 0 Å². The number of rotatable bonds is 1. The van der Waals surface area contributed by atoms with Gasteiger partial charge in [-0.05, 0) is 83.2 Å². The summed E-state index contributed by atoms with van der Waals surface area (Å²) in [5, 5.41) is 4.30. The first-order valence-electron chi connectivity index (χ1n) is 18.7. The topological polar surface area (TPSA) is 56.5 Å². The molecule has 0 atom stereocenters. The van der Waals surface area contributed by atoms with E-state index in [9.17, 15) is 0 Å². The third-order valence-corrected chi connectivity index (χ3v) is 8.07. The van der Waals surface area contributed by atoms with Crippen LogP contribution in [-0.4, -0.2) is 24.7 Å². The number of hydrogen-bond acceptors (Lipinski definition) is 4. The number of benzene rings is 1. The molecule has 5 nitrogen and oxygen atoms in total. The summed E-state index contributed by atoms with van der Waals surface area (Å²) < 4.78 is 2.08. The molecule has 5 heteroatoms. The highest BCUT2D eigenvalue weighted by Gasteiger charge is 2.19. The maximum Gasteiger partial charge on any atom is 0.0492 e. The van der Waals surface area contributed by atoms with Crippen molar-refractivity contribution in [1.82, 2.24) is 24.7 Å². The van der Waals surface area contributed by atoms with E-state index in [1.807, 2.05) is 49.2 Å². The maximum atomic E-state index is 4.30. The largest absolute Gasteiger partial charge is 0.267 e. The molecule has 4 aromatic heterocycles. The Labute approximate surface area is 318 Å². The van der Waals surface area contributed by atoms with Crippen LogP contribution in [0.5, 0.6) is 0 Å². The van der Waals surface area contributed by atoms with Gasteiger partial charge < -0.3 is 0 Å². The summed E-state index contributed by atoms with van der Waals surface area (Å²) in [6.07, 6.45) is 11.1. The Bertz CT molecular complexity index is 1420. The van der Waals surface area contributed by atoms with Crippen LogP contribution in [0.25, 0.3) is 0 Å². The Kier molecular flexibility index (Phi) is 17.8. The molecule has 0 radical (unpaired) electrons. The normalized spacial score (nSPS) is 11.7. The van der Waals surface area contributed by atoms with Crippen molar-refractivity contribution >= 4 is 0 Å². The van der Waals surface area contributed by atoms with Crippen molar-refractivity contribution in [3.8, 4) is 0 Å². The van der Waals surface area contributed by atoms with Crippen molar-refractivity contribution in [3.63, 3.8) is 0 Å². The van der Waals surface area contributed by atoms with E-state index in [1.165, 1.54) is 22.4 Å². The fourth-order valence-corrected chi connectivity index (χ4v) is 4.72. The lowest BCUT2D eigenvalue weighted by molar-refractivity contribution is 0.446. The zero-order chi connectivity index (χ0) is 39.8. The molecule has 284 valence electrons. The summed E-state index contributed by atoms with van der Waals surface area (Å²) in [4.78, 5) is 12.3. The number of nitrogens with zero attached hydrogens (tertiary/aromatic N) is 5. The molecule has 1 aromatic carbocycles. The van der Waals surface area contributed by atoms with Gasteiger partial charge in [-0.3, -0.25) is 19.6 Å². The minimum absolute atomic E-state index is 0.182. The summed E-state index contributed by atoms with van der Waals surface area (Å²) in [7, 11) is 0. The molecule has 0 aliphatic heterocycles. The Hall–Kier alpha value is -4.12. The van der Waals surface area contributed by atoms with Gasteiger partial charge in [0, 0.05) is 65.4 Å². The van der Waals surface area contributed by atoms with Crippen LogP contribution in [0.2, 0.25) is 0 Å². The lowest BCUT2D eigenvalue weighted by Crippen LogP contribution is -2.19. The summed E-state index contributed by atoms with van der Waals surface area (Å²) in [6.45, 7) is 37.2.